The zero-order valence-corrected chi connectivity index (χ0v) is 19.7. The third-order valence-corrected chi connectivity index (χ3v) is 2.76. The van der Waals surface area contributed by atoms with E-state index in [2.05, 4.69) is 20.9 Å². The maximum Gasteiger partial charge on any atom is 0.414 e. The minimum Gasteiger partial charge on any atom is -0.444 e. The van der Waals surface area contributed by atoms with Crippen LogP contribution < -0.4 is 16.0 Å². The standard InChI is InChI=1S/C20H38N4O6/c1-18(2,3)28-15(25)22-13-11-10-12-21-14(23-16(26)29-19(4,5)6)24-17(27)30-20(7,8)9/h10-13H2,1-9H3,(H,22,25)(H2,21,23,24,26,27). The van der Waals surface area contributed by atoms with E-state index in [1.54, 1.807) is 62.3 Å². The number of ether oxygens (including phenoxy) is 3. The normalized spacial score (nSPS) is 11.8. The van der Waals surface area contributed by atoms with Gasteiger partial charge in [-0.2, -0.15) is 0 Å². The van der Waals surface area contributed by atoms with Crippen LogP contribution in [0.3, 0.4) is 0 Å². The van der Waals surface area contributed by atoms with Crippen LogP contribution in [0.1, 0.15) is 75.2 Å². The topological polar surface area (TPSA) is 127 Å². The lowest BCUT2D eigenvalue weighted by atomic mass is 10.2. The van der Waals surface area contributed by atoms with Crippen molar-refractivity contribution in [2.24, 2.45) is 4.99 Å². The number of alkyl carbamates (subject to hydrolysis) is 3. The van der Waals surface area contributed by atoms with Gasteiger partial charge in [-0.15, -0.1) is 0 Å². The molecule has 0 atom stereocenters. The zero-order valence-electron chi connectivity index (χ0n) is 19.7. The number of carbonyl (C=O) groups excluding carboxylic acids is 3. The van der Waals surface area contributed by atoms with E-state index in [1.807, 2.05) is 0 Å². The van der Waals surface area contributed by atoms with Crippen molar-refractivity contribution in [3.63, 3.8) is 0 Å². The summed E-state index contributed by atoms with van der Waals surface area (Å²) in [5, 5.41) is 7.48. The van der Waals surface area contributed by atoms with Crippen LogP contribution in [0.2, 0.25) is 0 Å². The molecule has 0 aliphatic rings. The van der Waals surface area contributed by atoms with Crippen molar-refractivity contribution >= 4 is 24.2 Å². The number of rotatable bonds is 5. The third kappa shape index (κ3) is 17.6. The predicted octanol–water partition coefficient (Wildman–Crippen LogP) is 3.70. The summed E-state index contributed by atoms with van der Waals surface area (Å²) in [6, 6.07) is 0. The Hall–Kier alpha value is -2.52. The zero-order chi connectivity index (χ0) is 23.6. The summed E-state index contributed by atoms with van der Waals surface area (Å²) in [5.41, 5.74) is -1.95. The maximum atomic E-state index is 12.0. The Morgan fingerprint density at radius 1 is 0.667 bits per heavy atom. The molecule has 0 heterocycles. The first kappa shape index (κ1) is 27.5. The van der Waals surface area contributed by atoms with Crippen LogP contribution in [0.4, 0.5) is 14.4 Å². The first-order valence-corrected chi connectivity index (χ1v) is 9.98. The number of aliphatic imine (C=N–C) groups is 1. The molecule has 0 aliphatic carbocycles. The molecule has 0 saturated heterocycles. The van der Waals surface area contributed by atoms with Crippen molar-refractivity contribution in [1.82, 2.24) is 16.0 Å². The van der Waals surface area contributed by atoms with Gasteiger partial charge in [0, 0.05) is 13.1 Å². The SMILES string of the molecule is CC(C)(C)OC(=O)NCCCCN=C(NC(=O)OC(C)(C)C)NC(=O)OC(C)(C)C. The number of guanidine groups is 1. The molecule has 3 N–H and O–H groups in total. The van der Waals surface area contributed by atoms with Crippen molar-refractivity contribution in [1.29, 1.82) is 0 Å². The summed E-state index contributed by atoms with van der Waals surface area (Å²) in [6.07, 6.45) is -0.738. The van der Waals surface area contributed by atoms with E-state index in [9.17, 15) is 14.4 Å². The lowest BCUT2D eigenvalue weighted by Gasteiger charge is -2.22. The van der Waals surface area contributed by atoms with Gasteiger partial charge in [-0.25, -0.2) is 14.4 Å². The Morgan fingerprint density at radius 3 is 1.47 bits per heavy atom. The summed E-state index contributed by atoms with van der Waals surface area (Å²) >= 11 is 0. The first-order valence-electron chi connectivity index (χ1n) is 9.98. The molecule has 0 fully saturated rings. The third-order valence-electron chi connectivity index (χ3n) is 2.76. The van der Waals surface area contributed by atoms with E-state index in [0.29, 0.717) is 25.9 Å². The molecule has 174 valence electrons. The Balaban J connectivity index is 4.66. The van der Waals surface area contributed by atoms with Gasteiger partial charge in [0.05, 0.1) is 0 Å². The lowest BCUT2D eigenvalue weighted by molar-refractivity contribution is 0.0516. The van der Waals surface area contributed by atoms with Gasteiger partial charge in [0.1, 0.15) is 16.8 Å². The Bertz CT molecular complexity index is 580. The highest BCUT2D eigenvalue weighted by Crippen LogP contribution is 2.08. The van der Waals surface area contributed by atoms with Crippen LogP contribution in [0.15, 0.2) is 4.99 Å². The number of hydrogen-bond donors (Lipinski definition) is 3. The molecule has 10 heteroatoms. The molecule has 0 rings (SSSR count). The van der Waals surface area contributed by atoms with Gasteiger partial charge < -0.3 is 19.5 Å². The first-order chi connectivity index (χ1) is 13.5. The molecule has 3 amide bonds. The summed E-state index contributed by atoms with van der Waals surface area (Å²) < 4.78 is 15.5. The van der Waals surface area contributed by atoms with Gasteiger partial charge in [0.15, 0.2) is 0 Å². The highest BCUT2D eigenvalue weighted by atomic mass is 16.6. The van der Waals surface area contributed by atoms with E-state index in [4.69, 9.17) is 14.2 Å². The molecule has 0 unspecified atom stereocenters. The summed E-state index contributed by atoms with van der Waals surface area (Å²) in [6.45, 7) is 16.4. The largest absolute Gasteiger partial charge is 0.444 e. The molecular weight excluding hydrogens is 392 g/mol. The fourth-order valence-electron chi connectivity index (χ4n) is 1.84. The minimum atomic E-state index is -0.746. The van der Waals surface area contributed by atoms with E-state index < -0.39 is 35.1 Å². The molecule has 0 spiro atoms. The number of amides is 3. The van der Waals surface area contributed by atoms with Crippen LogP contribution in [-0.4, -0.2) is 54.1 Å². The summed E-state index contributed by atoms with van der Waals surface area (Å²) in [4.78, 5) is 39.8. The molecule has 30 heavy (non-hydrogen) atoms. The molecule has 0 aromatic carbocycles. The summed E-state index contributed by atoms with van der Waals surface area (Å²) in [5.74, 6) is -0.0707. The molecule has 10 nitrogen and oxygen atoms in total. The van der Waals surface area contributed by atoms with Crippen molar-refractivity contribution in [2.45, 2.75) is 92.0 Å². The predicted molar refractivity (Wildman–Crippen MR) is 115 cm³/mol. The number of nitrogens with one attached hydrogen (secondary N) is 3. The lowest BCUT2D eigenvalue weighted by Crippen LogP contribution is -2.47. The smallest absolute Gasteiger partial charge is 0.414 e. The fraction of sp³-hybridized carbons (Fsp3) is 0.800. The van der Waals surface area contributed by atoms with E-state index >= 15 is 0 Å². The number of unbranched alkanes of at least 4 members (excludes halogenated alkanes) is 1. The van der Waals surface area contributed by atoms with Crippen molar-refractivity contribution in [3.05, 3.63) is 0 Å². The van der Waals surface area contributed by atoms with Crippen LogP contribution in [0.25, 0.3) is 0 Å². The minimum absolute atomic E-state index is 0.0707. The van der Waals surface area contributed by atoms with Gasteiger partial charge in [-0.3, -0.25) is 15.6 Å². The number of nitrogens with zero attached hydrogens (tertiary/aromatic N) is 1. The van der Waals surface area contributed by atoms with Crippen molar-refractivity contribution in [2.75, 3.05) is 13.1 Å². The Labute approximate surface area is 179 Å². The van der Waals surface area contributed by atoms with Crippen molar-refractivity contribution in [3.8, 4) is 0 Å². The highest BCUT2D eigenvalue weighted by molar-refractivity contribution is 6.01. The molecule has 0 aromatic heterocycles. The number of carbonyl (C=O) groups is 3. The van der Waals surface area contributed by atoms with Crippen LogP contribution >= 0.6 is 0 Å². The number of hydrogen-bond acceptors (Lipinski definition) is 7. The molecule has 0 aliphatic heterocycles. The second-order valence-electron chi connectivity index (χ2n) is 9.62. The molecular formula is C20H38N4O6. The monoisotopic (exact) mass is 430 g/mol. The molecule has 0 bridgehead atoms. The molecule has 0 aromatic rings. The maximum absolute atomic E-state index is 12.0. The van der Waals surface area contributed by atoms with E-state index in [1.165, 1.54) is 0 Å². The Morgan fingerprint density at radius 2 is 1.07 bits per heavy atom. The molecule has 0 radical (unpaired) electrons. The van der Waals surface area contributed by atoms with E-state index in [-0.39, 0.29) is 5.96 Å². The summed E-state index contributed by atoms with van der Waals surface area (Å²) in [7, 11) is 0. The van der Waals surface area contributed by atoms with E-state index in [0.717, 1.165) is 0 Å². The van der Waals surface area contributed by atoms with Gasteiger partial charge >= 0.3 is 18.3 Å². The van der Waals surface area contributed by atoms with Gasteiger partial charge in [-0.1, -0.05) is 0 Å². The Kier molecular flexibility index (Phi) is 10.6. The highest BCUT2D eigenvalue weighted by Gasteiger charge is 2.21. The average Bonchev–Trinajstić information content (AvgIpc) is 2.44. The fourth-order valence-corrected chi connectivity index (χ4v) is 1.84. The van der Waals surface area contributed by atoms with Gasteiger partial charge in [0.2, 0.25) is 5.96 Å². The molecule has 0 saturated carbocycles. The van der Waals surface area contributed by atoms with Crippen LogP contribution in [0, 0.1) is 0 Å². The second-order valence-corrected chi connectivity index (χ2v) is 9.62. The van der Waals surface area contributed by atoms with Gasteiger partial charge in [-0.05, 0) is 75.2 Å². The van der Waals surface area contributed by atoms with Crippen LogP contribution in [0.5, 0.6) is 0 Å². The average molecular weight is 431 g/mol. The van der Waals surface area contributed by atoms with Crippen LogP contribution in [-0.2, 0) is 14.2 Å². The van der Waals surface area contributed by atoms with Crippen molar-refractivity contribution < 1.29 is 28.6 Å². The quantitative estimate of drug-likeness (QED) is 0.264. The second kappa shape index (κ2) is 11.6. The van der Waals surface area contributed by atoms with Gasteiger partial charge in [0.25, 0.3) is 0 Å².